The van der Waals surface area contributed by atoms with Crippen molar-refractivity contribution in [1.29, 1.82) is 0 Å². The molecule has 0 saturated heterocycles. The molecule has 3 nitrogen and oxygen atoms in total. The lowest BCUT2D eigenvalue weighted by molar-refractivity contribution is 0.0947. The third-order valence-electron chi connectivity index (χ3n) is 4.03. The summed E-state index contributed by atoms with van der Waals surface area (Å²) in [6, 6.07) is 5.71. The zero-order valence-corrected chi connectivity index (χ0v) is 12.9. The molecule has 1 saturated carbocycles. The predicted molar refractivity (Wildman–Crippen MR) is 85.9 cm³/mol. The minimum absolute atomic E-state index is 0.00551. The van der Waals surface area contributed by atoms with Gasteiger partial charge in [-0.3, -0.25) is 4.79 Å². The molecule has 1 fully saturated rings. The Morgan fingerprint density at radius 2 is 2.19 bits per heavy atom. The van der Waals surface area contributed by atoms with E-state index in [1.165, 1.54) is 19.3 Å². The lowest BCUT2D eigenvalue weighted by Gasteiger charge is -2.11. The molecule has 3 N–H and O–H groups in total. The fourth-order valence-corrected chi connectivity index (χ4v) is 2.99. The molecular formula is C18H24N2O. The van der Waals surface area contributed by atoms with Gasteiger partial charge in [-0.25, -0.2) is 0 Å². The van der Waals surface area contributed by atoms with Crippen molar-refractivity contribution in [2.75, 3.05) is 13.1 Å². The van der Waals surface area contributed by atoms with Crippen LogP contribution in [-0.2, 0) is 0 Å². The van der Waals surface area contributed by atoms with E-state index in [-0.39, 0.29) is 5.91 Å². The highest BCUT2D eigenvalue weighted by atomic mass is 16.1. The van der Waals surface area contributed by atoms with Crippen LogP contribution in [0.3, 0.4) is 0 Å². The maximum Gasteiger partial charge on any atom is 0.251 e. The van der Waals surface area contributed by atoms with Crippen molar-refractivity contribution < 1.29 is 4.79 Å². The maximum atomic E-state index is 12.3. The number of hydrogen-bond acceptors (Lipinski definition) is 2. The van der Waals surface area contributed by atoms with Gasteiger partial charge >= 0.3 is 0 Å². The Hall–Kier alpha value is -1.79. The second-order valence-corrected chi connectivity index (χ2v) is 6.09. The molecule has 0 spiro atoms. The van der Waals surface area contributed by atoms with Crippen molar-refractivity contribution in [2.45, 2.75) is 33.1 Å². The Kier molecular flexibility index (Phi) is 5.41. The number of benzene rings is 1. The summed E-state index contributed by atoms with van der Waals surface area (Å²) in [6.45, 7) is 5.37. The van der Waals surface area contributed by atoms with Gasteiger partial charge in [-0.15, -0.1) is 0 Å². The first-order chi connectivity index (χ1) is 10.1. The predicted octanol–water partition coefficient (Wildman–Crippen LogP) is 2.47. The van der Waals surface area contributed by atoms with Crippen molar-refractivity contribution in [2.24, 2.45) is 17.6 Å². The Bertz CT molecular complexity index is 568. The summed E-state index contributed by atoms with van der Waals surface area (Å²) in [5.41, 5.74) is 7.96. The van der Waals surface area contributed by atoms with Gasteiger partial charge in [-0.1, -0.05) is 25.2 Å². The normalized spacial score (nSPS) is 20.7. The number of aryl methyl sites for hydroxylation is 1. The molecule has 0 bridgehead atoms. The third kappa shape index (κ3) is 4.61. The van der Waals surface area contributed by atoms with Crippen molar-refractivity contribution >= 4 is 5.91 Å². The molecule has 0 radical (unpaired) electrons. The molecule has 2 atom stereocenters. The van der Waals surface area contributed by atoms with Crippen molar-refractivity contribution in [3.8, 4) is 11.8 Å². The van der Waals surface area contributed by atoms with E-state index >= 15 is 0 Å². The van der Waals surface area contributed by atoms with Crippen molar-refractivity contribution in [1.82, 2.24) is 5.32 Å². The quantitative estimate of drug-likeness (QED) is 0.838. The number of nitrogens with two attached hydrogens (primary N) is 1. The summed E-state index contributed by atoms with van der Waals surface area (Å²) in [6.07, 6.45) is 3.73. The van der Waals surface area contributed by atoms with Gasteiger partial charge in [0.2, 0.25) is 0 Å². The summed E-state index contributed by atoms with van der Waals surface area (Å²) < 4.78 is 0. The molecule has 2 rings (SSSR count). The van der Waals surface area contributed by atoms with Crippen LogP contribution in [0, 0.1) is 30.6 Å². The van der Waals surface area contributed by atoms with Gasteiger partial charge in [0.25, 0.3) is 5.91 Å². The zero-order chi connectivity index (χ0) is 15.2. The molecule has 1 amide bonds. The minimum atomic E-state index is -0.00551. The Labute approximate surface area is 127 Å². The van der Waals surface area contributed by atoms with Crippen LogP contribution in [0.15, 0.2) is 18.2 Å². The first-order valence-electron chi connectivity index (χ1n) is 7.67. The summed E-state index contributed by atoms with van der Waals surface area (Å²) in [4.78, 5) is 12.3. The average molecular weight is 284 g/mol. The highest BCUT2D eigenvalue weighted by Gasteiger charge is 2.21. The summed E-state index contributed by atoms with van der Waals surface area (Å²) in [5, 5.41) is 3.06. The van der Waals surface area contributed by atoms with E-state index in [0.717, 1.165) is 23.6 Å². The monoisotopic (exact) mass is 284 g/mol. The smallest absolute Gasteiger partial charge is 0.251 e. The zero-order valence-electron chi connectivity index (χ0n) is 12.9. The number of rotatable bonds is 3. The van der Waals surface area contributed by atoms with Crippen molar-refractivity contribution in [3.05, 3.63) is 34.9 Å². The SMILES string of the molecule is Cc1cc(C#CCN)cc(C(=O)NCC2CCC(C)C2)c1. The molecule has 112 valence electrons. The van der Waals surface area contributed by atoms with Crippen LogP contribution in [0.5, 0.6) is 0 Å². The molecule has 0 heterocycles. The van der Waals surface area contributed by atoms with Gasteiger partial charge in [0.05, 0.1) is 6.54 Å². The highest BCUT2D eigenvalue weighted by molar-refractivity contribution is 5.94. The van der Waals surface area contributed by atoms with E-state index in [0.29, 0.717) is 18.0 Å². The summed E-state index contributed by atoms with van der Waals surface area (Å²) in [7, 11) is 0. The van der Waals surface area contributed by atoms with Gasteiger partial charge in [0.15, 0.2) is 0 Å². The molecule has 0 aromatic heterocycles. The molecule has 1 aliphatic carbocycles. The van der Waals surface area contributed by atoms with E-state index in [2.05, 4.69) is 24.1 Å². The van der Waals surface area contributed by atoms with Crippen LogP contribution in [0.25, 0.3) is 0 Å². The lowest BCUT2D eigenvalue weighted by Crippen LogP contribution is -2.28. The van der Waals surface area contributed by atoms with Gasteiger partial charge in [-0.2, -0.15) is 0 Å². The van der Waals surface area contributed by atoms with E-state index in [1.807, 2.05) is 25.1 Å². The second kappa shape index (κ2) is 7.28. The average Bonchev–Trinajstić information content (AvgIpc) is 2.87. The Balaban J connectivity index is 1.99. The van der Waals surface area contributed by atoms with Crippen LogP contribution < -0.4 is 11.1 Å². The van der Waals surface area contributed by atoms with E-state index in [4.69, 9.17) is 5.73 Å². The molecular weight excluding hydrogens is 260 g/mol. The van der Waals surface area contributed by atoms with Crippen LogP contribution in [0.2, 0.25) is 0 Å². The van der Waals surface area contributed by atoms with Crippen LogP contribution in [0.1, 0.15) is 47.7 Å². The number of carbonyl (C=O) groups excluding carboxylic acids is 1. The molecule has 21 heavy (non-hydrogen) atoms. The minimum Gasteiger partial charge on any atom is -0.352 e. The van der Waals surface area contributed by atoms with Crippen LogP contribution >= 0.6 is 0 Å². The molecule has 1 aromatic carbocycles. The number of amides is 1. The molecule has 2 unspecified atom stereocenters. The maximum absolute atomic E-state index is 12.3. The third-order valence-corrected chi connectivity index (χ3v) is 4.03. The van der Waals surface area contributed by atoms with Gasteiger partial charge in [-0.05, 0) is 55.4 Å². The topological polar surface area (TPSA) is 55.1 Å². The van der Waals surface area contributed by atoms with Gasteiger partial charge < -0.3 is 11.1 Å². The van der Waals surface area contributed by atoms with Crippen LogP contribution in [-0.4, -0.2) is 19.0 Å². The standard InChI is InChI=1S/C18H24N2O/c1-13-5-6-16(8-13)12-20-18(21)17-10-14(2)9-15(11-17)4-3-7-19/h9-11,13,16H,5-8,12,19H2,1-2H3,(H,20,21). The molecule has 3 heteroatoms. The van der Waals surface area contributed by atoms with Gasteiger partial charge in [0.1, 0.15) is 0 Å². The van der Waals surface area contributed by atoms with E-state index in [1.54, 1.807) is 0 Å². The molecule has 0 aliphatic heterocycles. The molecule has 1 aromatic rings. The second-order valence-electron chi connectivity index (χ2n) is 6.09. The highest BCUT2D eigenvalue weighted by Crippen LogP contribution is 2.29. The summed E-state index contributed by atoms with van der Waals surface area (Å²) in [5.74, 6) is 7.23. The van der Waals surface area contributed by atoms with E-state index in [9.17, 15) is 4.79 Å². The lowest BCUT2D eigenvalue weighted by atomic mass is 10.0. The first-order valence-corrected chi connectivity index (χ1v) is 7.67. The van der Waals surface area contributed by atoms with E-state index < -0.39 is 0 Å². The Morgan fingerprint density at radius 3 is 2.86 bits per heavy atom. The fourth-order valence-electron chi connectivity index (χ4n) is 2.99. The Morgan fingerprint density at radius 1 is 1.38 bits per heavy atom. The largest absolute Gasteiger partial charge is 0.352 e. The first kappa shape index (κ1) is 15.6. The van der Waals surface area contributed by atoms with Gasteiger partial charge in [0, 0.05) is 17.7 Å². The molecule has 1 aliphatic rings. The number of nitrogens with one attached hydrogen (secondary N) is 1. The van der Waals surface area contributed by atoms with Crippen molar-refractivity contribution in [3.63, 3.8) is 0 Å². The number of carbonyl (C=O) groups is 1. The van der Waals surface area contributed by atoms with Crippen LogP contribution in [0.4, 0.5) is 0 Å². The number of hydrogen-bond donors (Lipinski definition) is 2. The fraction of sp³-hybridized carbons (Fsp3) is 0.500. The summed E-state index contributed by atoms with van der Waals surface area (Å²) >= 11 is 0.